The summed E-state index contributed by atoms with van der Waals surface area (Å²) in [6, 6.07) is 3.91. The number of ether oxygens (including phenoxy) is 1. The van der Waals surface area contributed by atoms with Crippen molar-refractivity contribution in [3.63, 3.8) is 0 Å². The molecule has 1 amide bonds. The fourth-order valence-corrected chi connectivity index (χ4v) is 3.65. The van der Waals surface area contributed by atoms with Crippen molar-refractivity contribution in [3.8, 4) is 5.88 Å². The second-order valence-corrected chi connectivity index (χ2v) is 8.71. The standard InChI is InChI=1S/C20H32N4O2/c1-20(2,3)15-19(25)24-13-11-23(12-14-24)17-9-10-18(22-21-17)26-16-7-5-4-6-8-16/h9-10,16H,4-8,11-15H2,1-3H3. The zero-order chi connectivity index (χ0) is 18.6. The Hall–Kier alpha value is -1.85. The Morgan fingerprint density at radius 2 is 1.77 bits per heavy atom. The van der Waals surface area contributed by atoms with Gasteiger partial charge in [-0.15, -0.1) is 10.2 Å². The summed E-state index contributed by atoms with van der Waals surface area (Å²) in [6.45, 7) is 9.41. The molecule has 0 atom stereocenters. The molecule has 26 heavy (non-hydrogen) atoms. The first kappa shape index (κ1) is 18.9. The van der Waals surface area contributed by atoms with Crippen molar-refractivity contribution in [1.82, 2.24) is 15.1 Å². The minimum absolute atomic E-state index is 0.0356. The molecule has 2 fully saturated rings. The van der Waals surface area contributed by atoms with E-state index in [9.17, 15) is 4.79 Å². The molecule has 0 radical (unpaired) electrons. The number of piperazine rings is 1. The number of nitrogens with zero attached hydrogens (tertiary/aromatic N) is 4. The van der Waals surface area contributed by atoms with Gasteiger partial charge in [-0.2, -0.15) is 0 Å². The number of carbonyl (C=O) groups excluding carboxylic acids is 1. The first-order valence-electron chi connectivity index (χ1n) is 9.94. The molecule has 1 aromatic rings. The van der Waals surface area contributed by atoms with Gasteiger partial charge in [0.1, 0.15) is 6.10 Å². The van der Waals surface area contributed by atoms with E-state index in [4.69, 9.17) is 4.74 Å². The SMILES string of the molecule is CC(C)(C)CC(=O)N1CCN(c2ccc(OC3CCCCC3)nn2)CC1. The first-order chi connectivity index (χ1) is 12.4. The van der Waals surface area contributed by atoms with Gasteiger partial charge in [-0.25, -0.2) is 0 Å². The summed E-state index contributed by atoms with van der Waals surface area (Å²) in [4.78, 5) is 16.5. The molecule has 2 aliphatic rings. The minimum Gasteiger partial charge on any atom is -0.473 e. The van der Waals surface area contributed by atoms with Gasteiger partial charge < -0.3 is 14.5 Å². The molecule has 6 heteroatoms. The highest BCUT2D eigenvalue weighted by Gasteiger charge is 2.25. The van der Waals surface area contributed by atoms with Crippen LogP contribution in [-0.2, 0) is 4.79 Å². The van der Waals surface area contributed by atoms with Crippen molar-refractivity contribution >= 4 is 11.7 Å². The lowest BCUT2D eigenvalue weighted by atomic mass is 9.91. The highest BCUT2D eigenvalue weighted by atomic mass is 16.5. The summed E-state index contributed by atoms with van der Waals surface area (Å²) in [5.74, 6) is 1.74. The lowest BCUT2D eigenvalue weighted by Gasteiger charge is -2.36. The number of aromatic nitrogens is 2. The average Bonchev–Trinajstić information content (AvgIpc) is 2.62. The first-order valence-corrected chi connectivity index (χ1v) is 9.94. The van der Waals surface area contributed by atoms with Crippen LogP contribution in [0.3, 0.4) is 0 Å². The summed E-state index contributed by atoms with van der Waals surface area (Å²) in [6.07, 6.45) is 6.93. The van der Waals surface area contributed by atoms with Crippen LogP contribution in [0.25, 0.3) is 0 Å². The second-order valence-electron chi connectivity index (χ2n) is 8.71. The molecule has 0 unspecified atom stereocenters. The predicted molar refractivity (Wildman–Crippen MR) is 102 cm³/mol. The van der Waals surface area contributed by atoms with E-state index in [1.807, 2.05) is 17.0 Å². The zero-order valence-corrected chi connectivity index (χ0v) is 16.4. The summed E-state index contributed by atoms with van der Waals surface area (Å²) < 4.78 is 5.95. The molecule has 1 saturated heterocycles. The average molecular weight is 361 g/mol. The highest BCUT2D eigenvalue weighted by Crippen LogP contribution is 2.24. The Balaban J connectivity index is 1.49. The quantitative estimate of drug-likeness (QED) is 0.825. The lowest BCUT2D eigenvalue weighted by Crippen LogP contribution is -2.49. The summed E-state index contributed by atoms with van der Waals surface area (Å²) in [7, 11) is 0. The van der Waals surface area contributed by atoms with Crippen molar-refractivity contribution < 1.29 is 9.53 Å². The van der Waals surface area contributed by atoms with Crippen LogP contribution in [0.1, 0.15) is 59.3 Å². The van der Waals surface area contributed by atoms with E-state index in [2.05, 4.69) is 35.9 Å². The van der Waals surface area contributed by atoms with Gasteiger partial charge in [-0.3, -0.25) is 4.79 Å². The smallest absolute Gasteiger partial charge is 0.233 e. The van der Waals surface area contributed by atoms with Gasteiger partial charge in [0.25, 0.3) is 0 Å². The normalized spacial score (nSPS) is 19.5. The summed E-state index contributed by atoms with van der Waals surface area (Å²) in [5, 5.41) is 8.60. The highest BCUT2D eigenvalue weighted by molar-refractivity contribution is 5.77. The minimum atomic E-state index is 0.0356. The van der Waals surface area contributed by atoms with Crippen molar-refractivity contribution in [2.45, 2.75) is 65.4 Å². The van der Waals surface area contributed by atoms with E-state index < -0.39 is 0 Å². The molecule has 1 aromatic heterocycles. The molecule has 0 N–H and O–H groups in total. The monoisotopic (exact) mass is 360 g/mol. The zero-order valence-electron chi connectivity index (χ0n) is 16.4. The molecular formula is C20H32N4O2. The Labute approximate surface area is 156 Å². The van der Waals surface area contributed by atoms with Crippen LogP contribution in [0.15, 0.2) is 12.1 Å². The number of hydrogen-bond donors (Lipinski definition) is 0. The topological polar surface area (TPSA) is 58.6 Å². The van der Waals surface area contributed by atoms with Crippen LogP contribution in [0.2, 0.25) is 0 Å². The van der Waals surface area contributed by atoms with E-state index in [1.165, 1.54) is 19.3 Å². The van der Waals surface area contributed by atoms with Gasteiger partial charge in [0.15, 0.2) is 5.82 Å². The largest absolute Gasteiger partial charge is 0.473 e. The second kappa shape index (κ2) is 8.23. The number of amides is 1. The van der Waals surface area contributed by atoms with Gasteiger partial charge in [0, 0.05) is 38.7 Å². The third-order valence-corrected chi connectivity index (χ3v) is 5.10. The number of rotatable bonds is 4. The van der Waals surface area contributed by atoms with E-state index in [0.717, 1.165) is 44.8 Å². The molecule has 3 rings (SSSR count). The third-order valence-electron chi connectivity index (χ3n) is 5.10. The Kier molecular flexibility index (Phi) is 5.99. The van der Waals surface area contributed by atoms with Gasteiger partial charge in [-0.05, 0) is 37.2 Å². The van der Waals surface area contributed by atoms with Crippen LogP contribution in [0.4, 0.5) is 5.82 Å². The maximum Gasteiger partial charge on any atom is 0.233 e. The summed E-state index contributed by atoms with van der Waals surface area (Å²) >= 11 is 0. The van der Waals surface area contributed by atoms with Crippen LogP contribution in [-0.4, -0.2) is 53.3 Å². The van der Waals surface area contributed by atoms with Crippen molar-refractivity contribution in [2.75, 3.05) is 31.1 Å². The number of anilines is 1. The molecule has 0 bridgehead atoms. The van der Waals surface area contributed by atoms with Crippen LogP contribution in [0, 0.1) is 5.41 Å². The molecule has 1 aliphatic heterocycles. The van der Waals surface area contributed by atoms with Crippen LogP contribution < -0.4 is 9.64 Å². The van der Waals surface area contributed by atoms with Crippen LogP contribution in [0.5, 0.6) is 5.88 Å². The molecule has 0 spiro atoms. The van der Waals surface area contributed by atoms with Crippen molar-refractivity contribution in [3.05, 3.63) is 12.1 Å². The Morgan fingerprint density at radius 1 is 1.08 bits per heavy atom. The molecule has 1 saturated carbocycles. The third kappa shape index (κ3) is 5.32. The van der Waals surface area contributed by atoms with Gasteiger partial charge in [0.05, 0.1) is 0 Å². The van der Waals surface area contributed by atoms with E-state index >= 15 is 0 Å². The Morgan fingerprint density at radius 3 is 2.35 bits per heavy atom. The van der Waals surface area contributed by atoms with Gasteiger partial charge in [-0.1, -0.05) is 27.2 Å². The molecule has 0 aromatic carbocycles. The molecule has 6 nitrogen and oxygen atoms in total. The van der Waals surface area contributed by atoms with E-state index in [1.54, 1.807) is 0 Å². The van der Waals surface area contributed by atoms with E-state index in [-0.39, 0.29) is 11.3 Å². The maximum atomic E-state index is 12.4. The Bertz CT molecular complexity index is 583. The maximum absolute atomic E-state index is 12.4. The number of hydrogen-bond acceptors (Lipinski definition) is 5. The molecule has 1 aliphatic carbocycles. The molecular weight excluding hydrogens is 328 g/mol. The van der Waals surface area contributed by atoms with Gasteiger partial charge in [0.2, 0.25) is 11.8 Å². The van der Waals surface area contributed by atoms with Crippen molar-refractivity contribution in [2.24, 2.45) is 5.41 Å². The van der Waals surface area contributed by atoms with Gasteiger partial charge >= 0.3 is 0 Å². The molecule has 2 heterocycles. The van der Waals surface area contributed by atoms with E-state index in [0.29, 0.717) is 18.4 Å². The van der Waals surface area contributed by atoms with Crippen molar-refractivity contribution in [1.29, 1.82) is 0 Å². The lowest BCUT2D eigenvalue weighted by molar-refractivity contribution is -0.133. The summed E-state index contributed by atoms with van der Waals surface area (Å²) in [5.41, 5.74) is 0.0356. The molecule has 144 valence electrons. The number of carbonyl (C=O) groups is 1. The van der Waals surface area contributed by atoms with Crippen LogP contribution >= 0.6 is 0 Å². The predicted octanol–water partition coefficient (Wildman–Crippen LogP) is 3.27. The fourth-order valence-electron chi connectivity index (χ4n) is 3.65. The fraction of sp³-hybridized carbons (Fsp3) is 0.750.